The first-order chi connectivity index (χ1) is 17.2. The van der Waals surface area contributed by atoms with Crippen molar-refractivity contribution in [2.45, 2.75) is 81.2 Å². The van der Waals surface area contributed by atoms with Gasteiger partial charge in [-0.2, -0.15) is 21.6 Å². The van der Waals surface area contributed by atoms with Crippen molar-refractivity contribution in [2.24, 2.45) is 28.1 Å². The van der Waals surface area contributed by atoms with E-state index in [1.807, 2.05) is 0 Å². The number of fused-ring (bicyclic) bond motifs is 1. The van der Waals surface area contributed by atoms with E-state index in [0.29, 0.717) is 0 Å². The maximum atomic E-state index is 13.6. The largest absolute Gasteiger partial charge is 0.523 e. The van der Waals surface area contributed by atoms with Crippen LogP contribution in [0.5, 0.6) is 0 Å². The summed E-state index contributed by atoms with van der Waals surface area (Å²) in [6, 6.07) is 0. The Morgan fingerprint density at radius 3 is 2.13 bits per heavy atom. The van der Waals surface area contributed by atoms with Crippen LogP contribution in [0.1, 0.15) is 27.7 Å². The molecule has 0 aromatic heterocycles. The summed E-state index contributed by atoms with van der Waals surface area (Å²) < 4.78 is 91.4. The number of hydrogen-bond donors (Lipinski definition) is 3. The van der Waals surface area contributed by atoms with E-state index in [2.05, 4.69) is 0 Å². The Balaban J connectivity index is 1.71. The number of aliphatic hydroxyl groups excluding tert-OH is 2. The lowest BCUT2D eigenvalue weighted by atomic mass is 9.51. The molecule has 0 amide bonds. The minimum atomic E-state index is -6.38. The molecule has 212 valence electrons. The number of ether oxygens (including phenoxy) is 4. The molecule has 0 aromatic carbocycles. The molecule has 12 atom stereocenters. The van der Waals surface area contributed by atoms with Crippen molar-refractivity contribution in [1.82, 2.24) is 0 Å². The molecule has 4 heterocycles. The summed E-state index contributed by atoms with van der Waals surface area (Å²) in [7, 11) is -6.38. The number of carbonyl (C=O) groups excluding carboxylic acids is 3. The molecule has 0 radical (unpaired) electrons. The van der Waals surface area contributed by atoms with Crippen LogP contribution < -0.4 is 0 Å². The molecule has 17 heteroatoms. The van der Waals surface area contributed by atoms with Crippen molar-refractivity contribution in [1.29, 1.82) is 0 Å². The van der Waals surface area contributed by atoms with E-state index in [0.717, 1.165) is 6.92 Å². The molecule has 6 aliphatic rings. The Labute approximate surface area is 212 Å². The predicted octanol–water partition coefficient (Wildman–Crippen LogP) is -1.52. The monoisotopic (exact) mass is 572 g/mol. The van der Waals surface area contributed by atoms with Crippen LogP contribution in [0, 0.1) is 28.1 Å². The lowest BCUT2D eigenvalue weighted by Crippen LogP contribution is -2.67. The fourth-order valence-electron chi connectivity index (χ4n) is 8.53. The van der Waals surface area contributed by atoms with E-state index in [1.165, 1.54) is 20.8 Å². The second-order valence-electron chi connectivity index (χ2n) is 11.8. The third kappa shape index (κ3) is 2.18. The van der Waals surface area contributed by atoms with Crippen molar-refractivity contribution < 1.29 is 74.4 Å². The molecule has 2 saturated carbocycles. The minimum absolute atomic E-state index is 1.05. The smallest absolute Gasteiger partial charge is 0.456 e. The second-order valence-corrected chi connectivity index (χ2v) is 13.3. The summed E-state index contributed by atoms with van der Waals surface area (Å²) in [4.78, 5) is 38.9. The number of rotatable bonds is 2. The van der Waals surface area contributed by atoms with E-state index in [-0.39, 0.29) is 0 Å². The fourth-order valence-corrected chi connectivity index (χ4v) is 9.14. The number of carbonyl (C=O) groups is 3. The maximum absolute atomic E-state index is 13.6. The van der Waals surface area contributed by atoms with Crippen LogP contribution in [0.15, 0.2) is 0 Å². The van der Waals surface area contributed by atoms with E-state index in [1.54, 1.807) is 0 Å². The molecule has 0 bridgehead atoms. The number of halogens is 3. The number of alkyl halides is 3. The van der Waals surface area contributed by atoms with Crippen molar-refractivity contribution >= 4 is 28.0 Å². The van der Waals surface area contributed by atoms with Gasteiger partial charge in [-0.05, 0) is 12.3 Å². The van der Waals surface area contributed by atoms with E-state index < -0.39 is 110 Å². The Hall–Kier alpha value is -2.05. The van der Waals surface area contributed by atoms with Crippen molar-refractivity contribution in [3.8, 4) is 0 Å². The Morgan fingerprint density at radius 2 is 1.58 bits per heavy atom. The quantitative estimate of drug-likeness (QED) is 0.150. The normalized spacial score (nSPS) is 52.8. The first-order valence-corrected chi connectivity index (χ1v) is 13.0. The highest BCUT2D eigenvalue weighted by molar-refractivity contribution is 7.87. The average molecular weight is 572 g/mol. The summed E-state index contributed by atoms with van der Waals surface area (Å²) >= 11 is 0. The lowest BCUT2D eigenvalue weighted by molar-refractivity contribution is -0.240. The molecule has 6 fully saturated rings. The van der Waals surface area contributed by atoms with Gasteiger partial charge in [-0.25, -0.2) is 9.59 Å². The van der Waals surface area contributed by atoms with Gasteiger partial charge >= 0.3 is 33.5 Å². The van der Waals surface area contributed by atoms with Crippen LogP contribution in [0.3, 0.4) is 0 Å². The molecule has 6 unspecified atom stereocenters. The van der Waals surface area contributed by atoms with E-state index >= 15 is 0 Å². The van der Waals surface area contributed by atoms with Crippen LogP contribution >= 0.6 is 0 Å². The van der Waals surface area contributed by atoms with Gasteiger partial charge in [-0.15, -0.1) is 0 Å². The number of esters is 3. The third-order valence-electron chi connectivity index (χ3n) is 9.45. The molecule has 3 N–H and O–H groups in total. The molecule has 4 saturated heterocycles. The molecule has 38 heavy (non-hydrogen) atoms. The van der Waals surface area contributed by atoms with Crippen LogP contribution in [0.2, 0.25) is 0 Å². The molecular weight excluding hydrogens is 549 g/mol. The van der Waals surface area contributed by atoms with Gasteiger partial charge in [-0.3, -0.25) is 8.98 Å². The van der Waals surface area contributed by atoms with Gasteiger partial charge < -0.3 is 34.3 Å². The van der Waals surface area contributed by atoms with Crippen LogP contribution in [-0.2, 0) is 47.6 Å². The lowest BCUT2D eigenvalue weighted by Gasteiger charge is -2.47. The Kier molecular flexibility index (Phi) is 4.57. The highest BCUT2D eigenvalue weighted by Gasteiger charge is 3.05. The second kappa shape index (κ2) is 6.63. The SMILES string of the molecule is C[C@@H]1C(=O)O[C@H]2C(O)C34C5OC(=O)[C@@]3(OC3OC(=O)[C@H](O)C34C(C(C)(C)C)[C@H]5OS(=O)(=O)C(F)(F)F)[C@@]12O. The zero-order valence-electron chi connectivity index (χ0n) is 20.1. The first kappa shape index (κ1) is 26.2. The minimum Gasteiger partial charge on any atom is -0.456 e. The van der Waals surface area contributed by atoms with Gasteiger partial charge in [0.25, 0.3) is 0 Å². The highest BCUT2D eigenvalue weighted by atomic mass is 32.2. The van der Waals surface area contributed by atoms with Crippen LogP contribution in [0.4, 0.5) is 13.2 Å². The standard InChI is InChI=1S/C21H23F3O13S/c1-5-12(27)33-11-8(25)18-10-6(37-38(31,32)21(22,23)24)7(16(2,3)4)17(18)9(26)13(28)35-15(17)36-20(18,14(29)34-10)19(5,11)30/h5-11,15,25-26,30H,1-4H3/t5-,6-,7?,8?,9+,10?,11+,15?,17?,18?,19-,20+/m1/s1. The first-order valence-electron chi connectivity index (χ1n) is 11.6. The van der Waals surface area contributed by atoms with Gasteiger partial charge in [-0.1, -0.05) is 20.8 Å². The molecule has 2 spiro atoms. The molecular formula is C21H23F3O13S. The van der Waals surface area contributed by atoms with Gasteiger partial charge in [0.2, 0.25) is 11.9 Å². The van der Waals surface area contributed by atoms with Gasteiger partial charge in [0, 0.05) is 5.92 Å². The molecule has 2 aliphatic carbocycles. The van der Waals surface area contributed by atoms with Gasteiger partial charge in [0.05, 0.1) is 16.7 Å². The van der Waals surface area contributed by atoms with E-state index in [9.17, 15) is 51.3 Å². The highest BCUT2D eigenvalue weighted by Crippen LogP contribution is 2.84. The molecule has 13 nitrogen and oxygen atoms in total. The Morgan fingerprint density at radius 1 is 0.974 bits per heavy atom. The summed E-state index contributed by atoms with van der Waals surface area (Å²) in [6.45, 7) is 5.42. The third-order valence-corrected chi connectivity index (χ3v) is 10.5. The maximum Gasteiger partial charge on any atom is 0.523 e. The average Bonchev–Trinajstić information content (AvgIpc) is 3.46. The van der Waals surface area contributed by atoms with Crippen molar-refractivity contribution in [3.63, 3.8) is 0 Å². The zero-order chi connectivity index (χ0) is 28.4. The Bertz CT molecular complexity index is 1290. The van der Waals surface area contributed by atoms with Crippen LogP contribution in [0.25, 0.3) is 0 Å². The summed E-state index contributed by atoms with van der Waals surface area (Å²) in [5, 5.41) is 35.1. The molecule has 0 aromatic rings. The number of aliphatic hydroxyl groups is 3. The molecule has 6 rings (SSSR count). The number of hydrogen-bond acceptors (Lipinski definition) is 13. The van der Waals surface area contributed by atoms with Crippen molar-refractivity contribution in [3.05, 3.63) is 0 Å². The van der Waals surface area contributed by atoms with Crippen molar-refractivity contribution in [2.75, 3.05) is 0 Å². The summed E-state index contributed by atoms with van der Waals surface area (Å²) in [6.07, 6.45) is -12.9. The fraction of sp³-hybridized carbons (Fsp3) is 0.857. The van der Waals surface area contributed by atoms with E-state index in [4.69, 9.17) is 23.1 Å². The summed E-state index contributed by atoms with van der Waals surface area (Å²) in [5.41, 5.74) is -17.8. The van der Waals surface area contributed by atoms with Gasteiger partial charge in [0.15, 0.2) is 17.8 Å². The summed E-state index contributed by atoms with van der Waals surface area (Å²) in [5.74, 6) is -7.11. The zero-order valence-corrected chi connectivity index (χ0v) is 20.9. The topological polar surface area (TPSA) is 192 Å². The van der Waals surface area contributed by atoms with Crippen LogP contribution in [-0.4, -0.2) is 95.2 Å². The predicted molar refractivity (Wildman–Crippen MR) is 107 cm³/mol. The molecule has 4 aliphatic heterocycles. The van der Waals surface area contributed by atoms with Gasteiger partial charge in [0.1, 0.15) is 18.3 Å².